The van der Waals surface area contributed by atoms with Gasteiger partial charge in [0.05, 0.1) is 0 Å². The van der Waals surface area contributed by atoms with Gasteiger partial charge in [-0.2, -0.15) is 0 Å². The second-order valence-corrected chi connectivity index (χ2v) is 4.56. The Morgan fingerprint density at radius 2 is 2.08 bits per heavy atom. The summed E-state index contributed by atoms with van der Waals surface area (Å²) in [4.78, 5) is 12.9. The van der Waals surface area contributed by atoms with E-state index in [2.05, 4.69) is 19.2 Å². The molecule has 1 aliphatic carbocycles. The number of rotatable bonds is 1. The maximum atomic E-state index is 11.3. The monoisotopic (exact) mass is 185 g/mol. The van der Waals surface area contributed by atoms with Crippen molar-refractivity contribution in [3.63, 3.8) is 0 Å². The average molecular weight is 185 g/mol. The molecule has 2 unspecified atom stereocenters. The number of carbonyl (C=O) groups excluding carboxylic acids is 1. The van der Waals surface area contributed by atoms with E-state index in [0.29, 0.717) is 0 Å². The highest BCUT2D eigenvalue weighted by Gasteiger charge is 2.46. The molecule has 3 N–H and O–H groups in total. The average Bonchev–Trinajstić information content (AvgIpc) is 2.03. The third-order valence-electron chi connectivity index (χ3n) is 3.05. The van der Waals surface area contributed by atoms with Crippen molar-refractivity contribution in [2.24, 2.45) is 11.1 Å². The molecule has 4 nitrogen and oxygen atoms in total. The summed E-state index contributed by atoms with van der Waals surface area (Å²) < 4.78 is 0. The molecule has 0 aromatic heterocycles. The van der Waals surface area contributed by atoms with E-state index < -0.39 is 0 Å². The first-order chi connectivity index (χ1) is 5.85. The number of hydrogen-bond donors (Lipinski definition) is 2. The summed E-state index contributed by atoms with van der Waals surface area (Å²) in [6.45, 7) is 4.17. The number of urea groups is 1. The van der Waals surface area contributed by atoms with E-state index >= 15 is 0 Å². The van der Waals surface area contributed by atoms with Crippen LogP contribution in [0.25, 0.3) is 0 Å². The summed E-state index contributed by atoms with van der Waals surface area (Å²) in [6, 6.07) is 0.391. The first-order valence-electron chi connectivity index (χ1n) is 4.59. The zero-order valence-electron chi connectivity index (χ0n) is 8.79. The van der Waals surface area contributed by atoms with Gasteiger partial charge in [0.15, 0.2) is 0 Å². The lowest BCUT2D eigenvalue weighted by Crippen LogP contribution is -2.65. The van der Waals surface area contributed by atoms with Crippen LogP contribution in [0.15, 0.2) is 0 Å². The molecule has 0 radical (unpaired) electrons. The SMILES string of the molecule is CN(C)C(=O)NC1CC(N)C1(C)C. The van der Waals surface area contributed by atoms with Crippen LogP contribution >= 0.6 is 0 Å². The number of hydrogen-bond acceptors (Lipinski definition) is 2. The van der Waals surface area contributed by atoms with Gasteiger partial charge in [-0.15, -0.1) is 0 Å². The smallest absolute Gasteiger partial charge is 0.317 e. The molecule has 2 amide bonds. The summed E-state index contributed by atoms with van der Waals surface area (Å²) in [5.74, 6) is 0. The molecule has 1 fully saturated rings. The third-order valence-corrected chi connectivity index (χ3v) is 3.05. The molecule has 0 heterocycles. The van der Waals surface area contributed by atoms with Gasteiger partial charge in [0.1, 0.15) is 0 Å². The highest BCUT2D eigenvalue weighted by atomic mass is 16.2. The molecule has 0 saturated heterocycles. The van der Waals surface area contributed by atoms with Gasteiger partial charge in [-0.25, -0.2) is 4.79 Å². The lowest BCUT2D eigenvalue weighted by molar-refractivity contribution is 0.0761. The number of nitrogens with two attached hydrogens (primary N) is 1. The fourth-order valence-corrected chi connectivity index (χ4v) is 1.48. The molecule has 0 aliphatic heterocycles. The Morgan fingerprint density at radius 3 is 2.38 bits per heavy atom. The number of nitrogens with one attached hydrogen (secondary N) is 1. The molecule has 1 aliphatic rings. The summed E-state index contributed by atoms with van der Waals surface area (Å²) in [6.07, 6.45) is 0.882. The summed E-state index contributed by atoms with van der Waals surface area (Å²) in [5.41, 5.74) is 5.87. The predicted molar refractivity (Wildman–Crippen MR) is 52.4 cm³/mol. The molecule has 0 aromatic rings. The normalized spacial score (nSPS) is 30.5. The van der Waals surface area contributed by atoms with Gasteiger partial charge in [0.2, 0.25) is 0 Å². The van der Waals surface area contributed by atoms with Crippen molar-refractivity contribution >= 4 is 6.03 Å². The van der Waals surface area contributed by atoms with Crippen molar-refractivity contribution in [2.75, 3.05) is 14.1 Å². The van der Waals surface area contributed by atoms with Gasteiger partial charge in [-0.05, 0) is 6.42 Å². The van der Waals surface area contributed by atoms with Crippen molar-refractivity contribution < 1.29 is 4.79 Å². The zero-order chi connectivity index (χ0) is 10.2. The molecule has 2 atom stereocenters. The van der Waals surface area contributed by atoms with E-state index in [-0.39, 0.29) is 23.5 Å². The zero-order valence-corrected chi connectivity index (χ0v) is 8.79. The van der Waals surface area contributed by atoms with E-state index in [1.54, 1.807) is 19.0 Å². The maximum Gasteiger partial charge on any atom is 0.317 e. The minimum atomic E-state index is -0.0371. The molecule has 4 heteroatoms. The number of nitrogens with zero attached hydrogens (tertiary/aromatic N) is 1. The van der Waals surface area contributed by atoms with Crippen LogP contribution in [0.4, 0.5) is 4.79 Å². The first kappa shape index (κ1) is 10.3. The van der Waals surface area contributed by atoms with Gasteiger partial charge in [-0.1, -0.05) is 13.8 Å². The fourth-order valence-electron chi connectivity index (χ4n) is 1.48. The van der Waals surface area contributed by atoms with Gasteiger partial charge in [0.25, 0.3) is 0 Å². The standard InChI is InChI=1S/C9H19N3O/c1-9(2)6(10)5-7(9)11-8(13)12(3)4/h6-7H,5,10H2,1-4H3,(H,11,13). The molecule has 1 saturated carbocycles. The van der Waals surface area contributed by atoms with Crippen LogP contribution in [0, 0.1) is 5.41 Å². The molecule has 1 rings (SSSR count). The van der Waals surface area contributed by atoms with E-state index in [9.17, 15) is 4.79 Å². The Balaban J connectivity index is 2.45. The third kappa shape index (κ3) is 1.77. The maximum absolute atomic E-state index is 11.3. The van der Waals surface area contributed by atoms with Crippen LogP contribution < -0.4 is 11.1 Å². The first-order valence-corrected chi connectivity index (χ1v) is 4.59. The largest absolute Gasteiger partial charge is 0.335 e. The number of carbonyl (C=O) groups is 1. The van der Waals surface area contributed by atoms with Gasteiger partial charge >= 0.3 is 6.03 Å². The summed E-state index contributed by atoms with van der Waals surface area (Å²) in [5, 5.41) is 2.94. The van der Waals surface area contributed by atoms with Crippen molar-refractivity contribution in [1.29, 1.82) is 0 Å². The fraction of sp³-hybridized carbons (Fsp3) is 0.889. The Labute approximate surface area is 79.5 Å². The Bertz CT molecular complexity index is 213. The predicted octanol–water partition coefficient (Wildman–Crippen LogP) is 0.383. The van der Waals surface area contributed by atoms with E-state index in [1.807, 2.05) is 0 Å². The Morgan fingerprint density at radius 1 is 1.54 bits per heavy atom. The molecule has 0 spiro atoms. The van der Waals surface area contributed by atoms with Crippen LogP contribution in [0.1, 0.15) is 20.3 Å². The van der Waals surface area contributed by atoms with Gasteiger partial charge in [-0.3, -0.25) is 0 Å². The van der Waals surface area contributed by atoms with E-state index in [1.165, 1.54) is 0 Å². The Kier molecular flexibility index (Phi) is 2.52. The lowest BCUT2D eigenvalue weighted by atomic mass is 9.63. The number of amides is 2. The minimum Gasteiger partial charge on any atom is -0.335 e. The highest BCUT2D eigenvalue weighted by Crippen LogP contribution is 2.38. The highest BCUT2D eigenvalue weighted by molar-refractivity contribution is 5.74. The van der Waals surface area contributed by atoms with Gasteiger partial charge in [0, 0.05) is 31.6 Å². The molecular formula is C9H19N3O. The van der Waals surface area contributed by atoms with Crippen LogP contribution in [0.3, 0.4) is 0 Å². The van der Waals surface area contributed by atoms with Crippen molar-refractivity contribution in [1.82, 2.24) is 10.2 Å². The molecular weight excluding hydrogens is 166 g/mol. The lowest BCUT2D eigenvalue weighted by Gasteiger charge is -2.50. The van der Waals surface area contributed by atoms with Crippen molar-refractivity contribution in [2.45, 2.75) is 32.4 Å². The van der Waals surface area contributed by atoms with Crippen LogP contribution in [0.2, 0.25) is 0 Å². The second-order valence-electron chi connectivity index (χ2n) is 4.56. The van der Waals surface area contributed by atoms with E-state index in [0.717, 1.165) is 6.42 Å². The quantitative estimate of drug-likeness (QED) is 0.620. The summed E-state index contributed by atoms with van der Waals surface area (Å²) >= 11 is 0. The topological polar surface area (TPSA) is 58.4 Å². The van der Waals surface area contributed by atoms with Crippen molar-refractivity contribution in [3.05, 3.63) is 0 Å². The minimum absolute atomic E-state index is 0.0334. The van der Waals surface area contributed by atoms with Gasteiger partial charge < -0.3 is 16.0 Å². The van der Waals surface area contributed by atoms with E-state index in [4.69, 9.17) is 5.73 Å². The molecule has 0 bridgehead atoms. The van der Waals surface area contributed by atoms with Crippen LogP contribution in [-0.2, 0) is 0 Å². The molecule has 0 aromatic carbocycles. The molecule has 13 heavy (non-hydrogen) atoms. The second kappa shape index (κ2) is 3.18. The van der Waals surface area contributed by atoms with Crippen molar-refractivity contribution in [3.8, 4) is 0 Å². The van der Waals surface area contributed by atoms with Crippen LogP contribution in [0.5, 0.6) is 0 Å². The Hall–Kier alpha value is -0.770. The molecule has 76 valence electrons. The summed E-state index contributed by atoms with van der Waals surface area (Å²) in [7, 11) is 3.47. The van der Waals surface area contributed by atoms with Crippen LogP contribution in [-0.4, -0.2) is 37.1 Å².